The van der Waals surface area contributed by atoms with Crippen LogP contribution in [-0.2, 0) is 0 Å². The predicted octanol–water partition coefficient (Wildman–Crippen LogP) is 1.16. The Morgan fingerprint density at radius 2 is 2.15 bits per heavy atom. The maximum Gasteiger partial charge on any atom is 0.0574 e. The van der Waals surface area contributed by atoms with Gasteiger partial charge in [0.25, 0.3) is 0 Å². The number of hydrogen-bond donors (Lipinski definition) is 2. The molecule has 0 aromatic carbocycles. The lowest BCUT2D eigenvalue weighted by atomic mass is 10.1. The van der Waals surface area contributed by atoms with Crippen molar-refractivity contribution in [2.24, 2.45) is 11.5 Å². The van der Waals surface area contributed by atoms with Gasteiger partial charge in [0.05, 0.1) is 5.69 Å². The molecule has 0 aliphatic rings. The standard InChI is InChI=1S/C9H15N3.ClH/c1-7-3-2-4-9(12-7)8(11)5-6-10;/h2-4,8H,5-6,10-11H2,1H3;1H/t8-;/m1./s1. The smallest absolute Gasteiger partial charge is 0.0574 e. The van der Waals surface area contributed by atoms with Crippen molar-refractivity contribution in [1.29, 1.82) is 0 Å². The molecule has 74 valence electrons. The quantitative estimate of drug-likeness (QED) is 0.772. The second-order valence-corrected chi connectivity index (χ2v) is 2.89. The molecule has 4 N–H and O–H groups in total. The normalized spacial score (nSPS) is 11.9. The Hall–Kier alpha value is -0.640. The van der Waals surface area contributed by atoms with E-state index in [-0.39, 0.29) is 18.4 Å². The summed E-state index contributed by atoms with van der Waals surface area (Å²) >= 11 is 0. The van der Waals surface area contributed by atoms with E-state index in [9.17, 15) is 0 Å². The first-order chi connectivity index (χ1) is 5.74. The fraction of sp³-hybridized carbons (Fsp3) is 0.444. The summed E-state index contributed by atoms with van der Waals surface area (Å²) in [5, 5.41) is 0. The maximum atomic E-state index is 5.83. The molecule has 0 saturated carbocycles. The van der Waals surface area contributed by atoms with Crippen LogP contribution in [-0.4, -0.2) is 11.5 Å². The van der Waals surface area contributed by atoms with Gasteiger partial charge in [-0.1, -0.05) is 6.07 Å². The Kier molecular flexibility index (Phi) is 5.62. The molecule has 1 aromatic heterocycles. The fourth-order valence-electron chi connectivity index (χ4n) is 1.10. The lowest BCUT2D eigenvalue weighted by Gasteiger charge is -2.09. The number of nitrogens with zero attached hydrogens (tertiary/aromatic N) is 1. The van der Waals surface area contributed by atoms with Crippen LogP contribution in [0.15, 0.2) is 18.2 Å². The van der Waals surface area contributed by atoms with Crippen molar-refractivity contribution < 1.29 is 0 Å². The van der Waals surface area contributed by atoms with Gasteiger partial charge < -0.3 is 11.5 Å². The average molecular weight is 202 g/mol. The van der Waals surface area contributed by atoms with E-state index in [0.717, 1.165) is 17.8 Å². The number of aryl methyl sites for hydroxylation is 1. The van der Waals surface area contributed by atoms with E-state index >= 15 is 0 Å². The summed E-state index contributed by atoms with van der Waals surface area (Å²) in [5.41, 5.74) is 13.2. The molecule has 0 radical (unpaired) electrons. The number of halogens is 1. The second kappa shape index (κ2) is 5.91. The molecule has 1 aromatic rings. The minimum Gasteiger partial charge on any atom is -0.330 e. The van der Waals surface area contributed by atoms with Crippen molar-refractivity contribution in [3.63, 3.8) is 0 Å². The van der Waals surface area contributed by atoms with Crippen LogP contribution in [0.4, 0.5) is 0 Å². The van der Waals surface area contributed by atoms with Crippen LogP contribution in [0, 0.1) is 6.92 Å². The monoisotopic (exact) mass is 201 g/mol. The van der Waals surface area contributed by atoms with Crippen molar-refractivity contribution in [3.05, 3.63) is 29.6 Å². The zero-order chi connectivity index (χ0) is 8.97. The number of rotatable bonds is 3. The van der Waals surface area contributed by atoms with Gasteiger partial charge in [-0.3, -0.25) is 4.98 Å². The van der Waals surface area contributed by atoms with E-state index in [1.54, 1.807) is 0 Å². The lowest BCUT2D eigenvalue weighted by molar-refractivity contribution is 0.641. The Morgan fingerprint density at radius 3 is 2.69 bits per heavy atom. The van der Waals surface area contributed by atoms with Gasteiger partial charge in [0.1, 0.15) is 0 Å². The third-order valence-electron chi connectivity index (χ3n) is 1.77. The highest BCUT2D eigenvalue weighted by Crippen LogP contribution is 2.10. The molecule has 0 saturated heterocycles. The van der Waals surface area contributed by atoms with Gasteiger partial charge >= 0.3 is 0 Å². The zero-order valence-electron chi connectivity index (χ0n) is 7.73. The van der Waals surface area contributed by atoms with Crippen LogP contribution in [0.25, 0.3) is 0 Å². The average Bonchev–Trinajstić information content (AvgIpc) is 2.05. The highest BCUT2D eigenvalue weighted by atomic mass is 35.5. The molecule has 3 nitrogen and oxygen atoms in total. The third-order valence-corrected chi connectivity index (χ3v) is 1.77. The zero-order valence-corrected chi connectivity index (χ0v) is 8.55. The van der Waals surface area contributed by atoms with Gasteiger partial charge in [0.2, 0.25) is 0 Å². The first-order valence-corrected chi connectivity index (χ1v) is 4.13. The Bertz CT molecular complexity index is 252. The highest BCUT2D eigenvalue weighted by molar-refractivity contribution is 5.85. The van der Waals surface area contributed by atoms with Gasteiger partial charge in [-0.15, -0.1) is 12.4 Å². The summed E-state index contributed by atoms with van der Waals surface area (Å²) in [7, 11) is 0. The molecule has 4 heteroatoms. The van der Waals surface area contributed by atoms with Crippen LogP contribution >= 0.6 is 12.4 Å². The lowest BCUT2D eigenvalue weighted by Crippen LogP contribution is -2.16. The van der Waals surface area contributed by atoms with Crippen molar-refractivity contribution in [1.82, 2.24) is 4.98 Å². The van der Waals surface area contributed by atoms with Gasteiger partial charge in [-0.2, -0.15) is 0 Å². The Morgan fingerprint density at radius 1 is 1.46 bits per heavy atom. The third kappa shape index (κ3) is 3.72. The van der Waals surface area contributed by atoms with Gasteiger partial charge in [-0.05, 0) is 32.0 Å². The molecular formula is C9H16ClN3. The molecule has 0 aliphatic heterocycles. The van der Waals surface area contributed by atoms with E-state index in [1.807, 2.05) is 25.1 Å². The highest BCUT2D eigenvalue weighted by Gasteiger charge is 2.05. The number of pyridine rings is 1. The molecule has 0 fully saturated rings. The van der Waals surface area contributed by atoms with Crippen LogP contribution in [0.5, 0.6) is 0 Å². The van der Waals surface area contributed by atoms with Gasteiger partial charge in [0, 0.05) is 11.7 Å². The summed E-state index contributed by atoms with van der Waals surface area (Å²) in [6.07, 6.45) is 0.788. The molecule has 0 unspecified atom stereocenters. The molecule has 0 spiro atoms. The number of nitrogens with two attached hydrogens (primary N) is 2. The largest absolute Gasteiger partial charge is 0.330 e. The van der Waals surface area contributed by atoms with Gasteiger partial charge in [-0.25, -0.2) is 0 Å². The van der Waals surface area contributed by atoms with E-state index in [4.69, 9.17) is 11.5 Å². The fourth-order valence-corrected chi connectivity index (χ4v) is 1.10. The molecule has 1 rings (SSSR count). The summed E-state index contributed by atoms with van der Waals surface area (Å²) in [5.74, 6) is 0. The van der Waals surface area contributed by atoms with E-state index in [2.05, 4.69) is 4.98 Å². The minimum absolute atomic E-state index is 0. The van der Waals surface area contributed by atoms with Crippen molar-refractivity contribution in [2.45, 2.75) is 19.4 Å². The van der Waals surface area contributed by atoms with Gasteiger partial charge in [0.15, 0.2) is 0 Å². The van der Waals surface area contributed by atoms with Crippen molar-refractivity contribution in [2.75, 3.05) is 6.54 Å². The second-order valence-electron chi connectivity index (χ2n) is 2.89. The summed E-state index contributed by atoms with van der Waals surface area (Å²) in [6.45, 7) is 2.56. The van der Waals surface area contributed by atoms with E-state index in [0.29, 0.717) is 6.54 Å². The first kappa shape index (κ1) is 12.4. The van der Waals surface area contributed by atoms with E-state index in [1.165, 1.54) is 0 Å². The van der Waals surface area contributed by atoms with Crippen LogP contribution in [0.1, 0.15) is 23.9 Å². The molecule has 1 atom stereocenters. The summed E-state index contributed by atoms with van der Waals surface area (Å²) < 4.78 is 0. The first-order valence-electron chi connectivity index (χ1n) is 4.13. The topological polar surface area (TPSA) is 64.9 Å². The van der Waals surface area contributed by atoms with Crippen LogP contribution in [0.2, 0.25) is 0 Å². The van der Waals surface area contributed by atoms with E-state index < -0.39 is 0 Å². The van der Waals surface area contributed by atoms with Crippen LogP contribution < -0.4 is 11.5 Å². The summed E-state index contributed by atoms with van der Waals surface area (Å²) in [4.78, 5) is 4.31. The predicted molar refractivity (Wildman–Crippen MR) is 56.8 cm³/mol. The number of hydrogen-bond acceptors (Lipinski definition) is 3. The maximum absolute atomic E-state index is 5.83. The van der Waals surface area contributed by atoms with Crippen molar-refractivity contribution in [3.8, 4) is 0 Å². The Labute approximate surface area is 84.9 Å². The molecular weight excluding hydrogens is 186 g/mol. The number of aromatic nitrogens is 1. The minimum atomic E-state index is -0.0186. The molecule has 0 amide bonds. The summed E-state index contributed by atoms with van der Waals surface area (Å²) in [6, 6.07) is 5.84. The molecule has 1 heterocycles. The SMILES string of the molecule is Cc1cccc([C@H](N)CCN)n1.Cl. The van der Waals surface area contributed by atoms with Crippen LogP contribution in [0.3, 0.4) is 0 Å². The molecule has 0 bridgehead atoms. The Balaban J connectivity index is 0.00000144. The molecule has 0 aliphatic carbocycles. The molecule has 13 heavy (non-hydrogen) atoms. The van der Waals surface area contributed by atoms with Crippen molar-refractivity contribution >= 4 is 12.4 Å².